The number of nitrogens with one attached hydrogen (secondary N) is 2. The Morgan fingerprint density at radius 2 is 1.90 bits per heavy atom. The summed E-state index contributed by atoms with van der Waals surface area (Å²) in [4.78, 5) is 21.0. The molecule has 0 aliphatic carbocycles. The fraction of sp³-hybridized carbons (Fsp3) is 0.643. The Balaban J connectivity index is 2.21. The first-order valence-corrected chi connectivity index (χ1v) is 7.57. The maximum Gasteiger partial charge on any atom is 0.257 e. The molecule has 5 nitrogen and oxygen atoms in total. The van der Waals surface area contributed by atoms with Crippen LogP contribution in [-0.2, 0) is 10.2 Å². The largest absolute Gasteiger partial charge is 0.351 e. The van der Waals surface area contributed by atoms with Crippen LogP contribution in [0, 0.1) is 0 Å². The van der Waals surface area contributed by atoms with Gasteiger partial charge in [-0.25, -0.2) is 9.98 Å². The van der Waals surface area contributed by atoms with Crippen LogP contribution in [0.1, 0.15) is 58.3 Å². The summed E-state index contributed by atoms with van der Waals surface area (Å²) < 4.78 is 0. The van der Waals surface area contributed by atoms with E-state index in [1.165, 1.54) is 0 Å². The molecule has 2 N–H and O–H groups in total. The van der Waals surface area contributed by atoms with Crippen molar-refractivity contribution < 1.29 is 4.79 Å². The van der Waals surface area contributed by atoms with Gasteiger partial charge in [0, 0.05) is 16.3 Å². The molecule has 0 saturated carbocycles. The van der Waals surface area contributed by atoms with Crippen LogP contribution in [0.15, 0.2) is 10.4 Å². The molecule has 6 heteroatoms. The van der Waals surface area contributed by atoms with Crippen molar-refractivity contribution in [3.63, 3.8) is 0 Å². The molecule has 2 rings (SSSR count). The molecule has 0 aromatic carbocycles. The maximum atomic E-state index is 12.0. The standard InChI is InChI=1S/C14H22N4OS/c1-13(2,3)11-15-8(7-20-11)9-10(19)17-12(16-9)18-14(4,5)6/h7,9H,1-6H3,(H2,16,17,18,19). The summed E-state index contributed by atoms with van der Waals surface area (Å²) in [5.41, 5.74) is 0.580. The first-order valence-electron chi connectivity index (χ1n) is 6.69. The molecule has 1 unspecified atom stereocenters. The number of guanidine groups is 1. The smallest absolute Gasteiger partial charge is 0.257 e. The Morgan fingerprint density at radius 3 is 2.40 bits per heavy atom. The molecule has 0 bridgehead atoms. The lowest BCUT2D eigenvalue weighted by molar-refractivity contribution is -0.120. The van der Waals surface area contributed by atoms with Gasteiger partial charge in [-0.2, -0.15) is 0 Å². The van der Waals surface area contributed by atoms with Crippen LogP contribution in [0.25, 0.3) is 0 Å². The van der Waals surface area contributed by atoms with E-state index < -0.39 is 6.04 Å². The van der Waals surface area contributed by atoms with E-state index in [1.807, 2.05) is 26.2 Å². The normalized spacial score (nSPS) is 19.8. The van der Waals surface area contributed by atoms with E-state index in [4.69, 9.17) is 0 Å². The quantitative estimate of drug-likeness (QED) is 0.835. The van der Waals surface area contributed by atoms with Crippen LogP contribution in [0.3, 0.4) is 0 Å². The van der Waals surface area contributed by atoms with E-state index in [9.17, 15) is 4.79 Å². The van der Waals surface area contributed by atoms with Crippen LogP contribution in [0.4, 0.5) is 0 Å². The Hall–Kier alpha value is -1.43. The van der Waals surface area contributed by atoms with Crippen LogP contribution in [0.5, 0.6) is 0 Å². The number of thiazole rings is 1. The first-order chi connectivity index (χ1) is 9.06. The molecular formula is C14H22N4OS. The van der Waals surface area contributed by atoms with Crippen molar-refractivity contribution in [2.24, 2.45) is 4.99 Å². The molecule has 110 valence electrons. The summed E-state index contributed by atoms with van der Waals surface area (Å²) in [6.07, 6.45) is 0. The number of rotatable bonds is 1. The lowest BCUT2D eigenvalue weighted by Crippen LogP contribution is -2.46. The molecular weight excluding hydrogens is 272 g/mol. The summed E-state index contributed by atoms with van der Waals surface area (Å²) >= 11 is 1.58. The average molecular weight is 294 g/mol. The van der Waals surface area contributed by atoms with E-state index in [2.05, 4.69) is 41.4 Å². The lowest BCUT2D eigenvalue weighted by atomic mass is 9.98. The number of hydrogen-bond donors (Lipinski definition) is 2. The van der Waals surface area contributed by atoms with Gasteiger partial charge in [-0.05, 0) is 20.8 Å². The van der Waals surface area contributed by atoms with Crippen LogP contribution >= 0.6 is 11.3 Å². The van der Waals surface area contributed by atoms with Crippen molar-refractivity contribution in [3.8, 4) is 0 Å². The number of amides is 1. The number of aliphatic imine (C=N–C) groups is 1. The van der Waals surface area contributed by atoms with Gasteiger partial charge in [0.1, 0.15) is 0 Å². The highest BCUT2D eigenvalue weighted by molar-refractivity contribution is 7.09. The highest BCUT2D eigenvalue weighted by atomic mass is 32.1. The van der Waals surface area contributed by atoms with Crippen molar-refractivity contribution in [1.29, 1.82) is 0 Å². The van der Waals surface area contributed by atoms with E-state index in [-0.39, 0.29) is 16.9 Å². The zero-order chi connectivity index (χ0) is 15.1. The molecule has 1 aliphatic rings. The SMILES string of the molecule is CC(C)(C)NC1=NC(c2csc(C(C)(C)C)n2)C(=O)N1. The molecule has 20 heavy (non-hydrogen) atoms. The van der Waals surface area contributed by atoms with Gasteiger partial charge < -0.3 is 5.32 Å². The Kier molecular flexibility index (Phi) is 3.62. The summed E-state index contributed by atoms with van der Waals surface area (Å²) in [6.45, 7) is 12.4. The minimum Gasteiger partial charge on any atom is -0.351 e. The minimum absolute atomic E-state index is 0.00575. The second kappa shape index (κ2) is 4.84. The molecule has 2 heterocycles. The van der Waals surface area contributed by atoms with Crippen LogP contribution < -0.4 is 10.6 Å². The average Bonchev–Trinajstić information content (AvgIpc) is 2.81. The van der Waals surface area contributed by atoms with Gasteiger partial charge in [-0.1, -0.05) is 20.8 Å². The van der Waals surface area contributed by atoms with Gasteiger partial charge in [0.25, 0.3) is 5.91 Å². The number of aromatic nitrogens is 1. The third-order valence-corrected chi connectivity index (χ3v) is 3.97. The van der Waals surface area contributed by atoms with Crippen molar-refractivity contribution in [3.05, 3.63) is 16.1 Å². The molecule has 1 aromatic rings. The number of carbonyl (C=O) groups excluding carboxylic acids is 1. The molecule has 0 spiro atoms. The Bertz CT molecular complexity index is 548. The highest BCUT2D eigenvalue weighted by Gasteiger charge is 2.32. The molecule has 0 saturated heterocycles. The summed E-state index contributed by atoms with van der Waals surface area (Å²) in [7, 11) is 0. The zero-order valence-electron chi connectivity index (χ0n) is 12.9. The summed E-state index contributed by atoms with van der Waals surface area (Å²) in [6, 6.07) is -0.535. The monoisotopic (exact) mass is 294 g/mol. The predicted octanol–water partition coefficient (Wildman–Crippen LogP) is 2.36. The fourth-order valence-electron chi connectivity index (χ4n) is 1.78. The van der Waals surface area contributed by atoms with E-state index in [1.54, 1.807) is 11.3 Å². The van der Waals surface area contributed by atoms with E-state index in [0.717, 1.165) is 10.7 Å². The highest BCUT2D eigenvalue weighted by Crippen LogP contribution is 2.29. The van der Waals surface area contributed by atoms with Crippen molar-refractivity contribution in [1.82, 2.24) is 15.6 Å². The molecule has 1 aliphatic heterocycles. The lowest BCUT2D eigenvalue weighted by Gasteiger charge is -2.21. The molecule has 0 fully saturated rings. The topological polar surface area (TPSA) is 66.4 Å². The van der Waals surface area contributed by atoms with E-state index >= 15 is 0 Å². The molecule has 1 atom stereocenters. The third-order valence-electron chi connectivity index (χ3n) is 2.69. The summed E-state index contributed by atoms with van der Waals surface area (Å²) in [5.74, 6) is 0.403. The third kappa shape index (κ3) is 3.36. The molecule has 1 amide bonds. The number of carbonyl (C=O) groups is 1. The second-order valence-corrected chi connectivity index (χ2v) is 7.93. The van der Waals surface area contributed by atoms with Crippen molar-refractivity contribution in [2.45, 2.75) is 58.5 Å². The van der Waals surface area contributed by atoms with Crippen molar-refractivity contribution >= 4 is 23.2 Å². The van der Waals surface area contributed by atoms with Gasteiger partial charge >= 0.3 is 0 Å². The van der Waals surface area contributed by atoms with Gasteiger partial charge in [0.15, 0.2) is 12.0 Å². The molecule has 0 radical (unpaired) electrons. The number of hydrogen-bond acceptors (Lipinski definition) is 5. The molecule has 1 aromatic heterocycles. The van der Waals surface area contributed by atoms with E-state index in [0.29, 0.717) is 5.96 Å². The Labute approximate surface area is 123 Å². The van der Waals surface area contributed by atoms with Gasteiger partial charge in [-0.3, -0.25) is 10.1 Å². The van der Waals surface area contributed by atoms with Gasteiger partial charge in [0.05, 0.1) is 10.7 Å². The summed E-state index contributed by atoms with van der Waals surface area (Å²) in [5, 5.41) is 8.90. The Morgan fingerprint density at radius 1 is 1.25 bits per heavy atom. The van der Waals surface area contributed by atoms with Gasteiger partial charge in [-0.15, -0.1) is 11.3 Å². The van der Waals surface area contributed by atoms with Gasteiger partial charge in [0.2, 0.25) is 0 Å². The zero-order valence-corrected chi connectivity index (χ0v) is 13.7. The van der Waals surface area contributed by atoms with Crippen LogP contribution in [-0.4, -0.2) is 22.4 Å². The predicted molar refractivity (Wildman–Crippen MR) is 82.0 cm³/mol. The second-order valence-electron chi connectivity index (χ2n) is 7.07. The fourth-order valence-corrected chi connectivity index (χ4v) is 2.71. The van der Waals surface area contributed by atoms with Crippen molar-refractivity contribution in [2.75, 3.05) is 0 Å². The number of nitrogens with zero attached hydrogens (tertiary/aromatic N) is 2. The van der Waals surface area contributed by atoms with Crippen LogP contribution in [0.2, 0.25) is 0 Å². The minimum atomic E-state index is -0.535. The maximum absolute atomic E-state index is 12.0. The first kappa shape index (κ1) is 15.0.